The van der Waals surface area contributed by atoms with E-state index in [0.717, 1.165) is 16.7 Å². The van der Waals surface area contributed by atoms with E-state index in [2.05, 4.69) is 23.3 Å². The summed E-state index contributed by atoms with van der Waals surface area (Å²) in [7, 11) is 0. The summed E-state index contributed by atoms with van der Waals surface area (Å²) in [6, 6.07) is 12.8. The standard InChI is InChI=1S/C26H25N3O3S/c1-15(2)24(31)28-20-9-7-18(8-10-20)22(30)12-29-14-27-25-23(26(29)32)21(13-33-25)19-6-5-16(3)17(4)11-19/h5-11,13-15H,12H2,1-4H3,(H,28,31). The molecule has 4 rings (SSSR count). The Hall–Kier alpha value is -3.58. The molecule has 0 aliphatic heterocycles. The van der Waals surface area contributed by atoms with Crippen LogP contribution in [0.5, 0.6) is 0 Å². The summed E-state index contributed by atoms with van der Waals surface area (Å²) in [6.07, 6.45) is 1.43. The Morgan fingerprint density at radius 1 is 1.06 bits per heavy atom. The van der Waals surface area contributed by atoms with Crippen LogP contribution in [0.2, 0.25) is 0 Å². The quantitative estimate of drug-likeness (QED) is 0.401. The van der Waals surface area contributed by atoms with Gasteiger partial charge in [-0.05, 0) is 54.8 Å². The number of carbonyl (C=O) groups excluding carboxylic acids is 2. The molecule has 2 aromatic carbocycles. The van der Waals surface area contributed by atoms with Crippen molar-refractivity contribution in [2.75, 3.05) is 5.32 Å². The molecule has 1 N–H and O–H groups in total. The van der Waals surface area contributed by atoms with Gasteiger partial charge in [0.2, 0.25) is 5.91 Å². The highest BCUT2D eigenvalue weighted by Crippen LogP contribution is 2.31. The summed E-state index contributed by atoms with van der Waals surface area (Å²) in [4.78, 5) is 43.0. The maximum Gasteiger partial charge on any atom is 0.263 e. The number of aromatic nitrogens is 2. The zero-order valence-electron chi connectivity index (χ0n) is 19.0. The maximum atomic E-state index is 13.3. The number of amides is 1. The van der Waals surface area contributed by atoms with Crippen molar-refractivity contribution < 1.29 is 9.59 Å². The predicted octanol–water partition coefficient (Wildman–Crippen LogP) is 5.22. The van der Waals surface area contributed by atoms with E-state index in [1.165, 1.54) is 27.8 Å². The molecule has 0 spiro atoms. The number of anilines is 1. The van der Waals surface area contributed by atoms with Gasteiger partial charge in [0, 0.05) is 28.1 Å². The van der Waals surface area contributed by atoms with Gasteiger partial charge >= 0.3 is 0 Å². The Morgan fingerprint density at radius 3 is 2.45 bits per heavy atom. The molecule has 6 nitrogen and oxygen atoms in total. The van der Waals surface area contributed by atoms with Gasteiger partial charge in [0.05, 0.1) is 18.3 Å². The van der Waals surface area contributed by atoms with Crippen molar-refractivity contribution >= 4 is 38.9 Å². The van der Waals surface area contributed by atoms with Crippen LogP contribution in [0, 0.1) is 19.8 Å². The molecule has 0 unspecified atom stereocenters. The normalized spacial score (nSPS) is 11.2. The van der Waals surface area contributed by atoms with Gasteiger partial charge in [-0.2, -0.15) is 0 Å². The van der Waals surface area contributed by atoms with E-state index in [9.17, 15) is 14.4 Å². The molecular formula is C26H25N3O3S. The van der Waals surface area contributed by atoms with Gasteiger partial charge in [-0.3, -0.25) is 19.0 Å². The predicted molar refractivity (Wildman–Crippen MR) is 133 cm³/mol. The number of hydrogen-bond acceptors (Lipinski definition) is 5. The van der Waals surface area contributed by atoms with Crippen LogP contribution in [0.1, 0.15) is 35.3 Å². The van der Waals surface area contributed by atoms with E-state index in [1.54, 1.807) is 24.3 Å². The van der Waals surface area contributed by atoms with Crippen molar-refractivity contribution in [2.45, 2.75) is 34.2 Å². The first-order valence-corrected chi connectivity index (χ1v) is 11.6. The topological polar surface area (TPSA) is 81.1 Å². The Balaban J connectivity index is 1.61. The number of fused-ring (bicyclic) bond motifs is 1. The maximum absolute atomic E-state index is 13.3. The number of carbonyl (C=O) groups is 2. The molecule has 1 amide bonds. The first kappa shape index (κ1) is 22.6. The fourth-order valence-corrected chi connectivity index (χ4v) is 4.38. The molecule has 0 saturated heterocycles. The first-order chi connectivity index (χ1) is 15.7. The number of nitrogens with one attached hydrogen (secondary N) is 1. The smallest absolute Gasteiger partial charge is 0.263 e. The Labute approximate surface area is 195 Å². The largest absolute Gasteiger partial charge is 0.326 e. The summed E-state index contributed by atoms with van der Waals surface area (Å²) in [5, 5.41) is 5.27. The van der Waals surface area contributed by atoms with Crippen molar-refractivity contribution in [2.24, 2.45) is 5.92 Å². The third kappa shape index (κ3) is 4.64. The third-order valence-corrected chi connectivity index (χ3v) is 6.58. The van der Waals surface area contributed by atoms with Crippen LogP contribution in [-0.2, 0) is 11.3 Å². The molecule has 168 valence electrons. The van der Waals surface area contributed by atoms with Crippen LogP contribution < -0.4 is 10.9 Å². The molecule has 0 bridgehead atoms. The molecule has 4 aromatic rings. The molecule has 0 atom stereocenters. The van der Waals surface area contributed by atoms with E-state index in [0.29, 0.717) is 21.5 Å². The van der Waals surface area contributed by atoms with Gasteiger partial charge in [-0.1, -0.05) is 32.0 Å². The highest BCUT2D eigenvalue weighted by atomic mass is 32.1. The second kappa shape index (κ2) is 9.11. The number of thiophene rings is 1. The SMILES string of the molecule is Cc1ccc(-c2csc3ncn(CC(=O)c4ccc(NC(=O)C(C)C)cc4)c(=O)c23)cc1C. The van der Waals surface area contributed by atoms with Gasteiger partial charge in [0.25, 0.3) is 5.56 Å². The van der Waals surface area contributed by atoms with Crippen LogP contribution in [0.25, 0.3) is 21.3 Å². The summed E-state index contributed by atoms with van der Waals surface area (Å²) in [5.41, 5.74) is 5.00. The first-order valence-electron chi connectivity index (χ1n) is 10.7. The number of ketones is 1. The van der Waals surface area contributed by atoms with Gasteiger partial charge in [-0.25, -0.2) is 4.98 Å². The van der Waals surface area contributed by atoms with Crippen molar-refractivity contribution in [3.8, 4) is 11.1 Å². The number of rotatable bonds is 6. The molecule has 0 fully saturated rings. The second-order valence-corrected chi connectivity index (χ2v) is 9.31. The van der Waals surface area contributed by atoms with E-state index in [4.69, 9.17) is 0 Å². The Morgan fingerprint density at radius 2 is 1.79 bits per heavy atom. The minimum atomic E-state index is -0.233. The molecular weight excluding hydrogens is 434 g/mol. The number of hydrogen-bond donors (Lipinski definition) is 1. The molecule has 33 heavy (non-hydrogen) atoms. The van der Waals surface area contributed by atoms with Crippen LogP contribution in [0.4, 0.5) is 5.69 Å². The van der Waals surface area contributed by atoms with Crippen molar-refractivity contribution in [1.29, 1.82) is 0 Å². The van der Waals surface area contributed by atoms with E-state index < -0.39 is 0 Å². The average Bonchev–Trinajstić information content (AvgIpc) is 3.23. The summed E-state index contributed by atoms with van der Waals surface area (Å²) < 4.78 is 1.36. The van der Waals surface area contributed by atoms with Crippen LogP contribution in [-0.4, -0.2) is 21.2 Å². The zero-order valence-corrected chi connectivity index (χ0v) is 19.8. The number of nitrogens with zero attached hydrogens (tertiary/aromatic N) is 2. The molecule has 0 aliphatic carbocycles. The fraction of sp³-hybridized carbons (Fsp3) is 0.231. The minimum Gasteiger partial charge on any atom is -0.326 e. The number of Topliss-reactive ketones (excluding diaryl/α,β-unsaturated/α-hetero) is 1. The second-order valence-electron chi connectivity index (χ2n) is 8.45. The highest BCUT2D eigenvalue weighted by Gasteiger charge is 2.16. The van der Waals surface area contributed by atoms with Crippen LogP contribution >= 0.6 is 11.3 Å². The molecule has 0 radical (unpaired) electrons. The highest BCUT2D eigenvalue weighted by molar-refractivity contribution is 7.17. The lowest BCUT2D eigenvalue weighted by Gasteiger charge is -2.09. The van der Waals surface area contributed by atoms with Crippen molar-refractivity contribution in [1.82, 2.24) is 9.55 Å². The lowest BCUT2D eigenvalue weighted by molar-refractivity contribution is -0.118. The van der Waals surface area contributed by atoms with Gasteiger partial charge in [0.1, 0.15) is 4.83 Å². The average molecular weight is 460 g/mol. The van der Waals surface area contributed by atoms with Crippen LogP contribution in [0.3, 0.4) is 0 Å². The summed E-state index contributed by atoms with van der Waals surface area (Å²) in [5.74, 6) is -0.426. The molecule has 2 heterocycles. The van der Waals surface area contributed by atoms with E-state index in [1.807, 2.05) is 38.3 Å². The molecule has 0 aliphatic rings. The van der Waals surface area contributed by atoms with E-state index >= 15 is 0 Å². The van der Waals surface area contributed by atoms with Crippen LogP contribution in [0.15, 0.2) is 59.0 Å². The van der Waals surface area contributed by atoms with Crippen molar-refractivity contribution in [3.05, 3.63) is 81.2 Å². The number of aryl methyl sites for hydroxylation is 2. The van der Waals surface area contributed by atoms with E-state index in [-0.39, 0.29) is 29.7 Å². The Kier molecular flexibility index (Phi) is 6.24. The lowest BCUT2D eigenvalue weighted by Crippen LogP contribution is -2.24. The van der Waals surface area contributed by atoms with Gasteiger partial charge < -0.3 is 5.32 Å². The molecule has 0 saturated carbocycles. The minimum absolute atomic E-state index is 0.0876. The molecule has 2 aromatic heterocycles. The summed E-state index contributed by atoms with van der Waals surface area (Å²) >= 11 is 1.42. The Bertz CT molecular complexity index is 1420. The van der Waals surface area contributed by atoms with Crippen molar-refractivity contribution in [3.63, 3.8) is 0 Å². The zero-order chi connectivity index (χ0) is 23.7. The van der Waals surface area contributed by atoms with Gasteiger partial charge in [-0.15, -0.1) is 11.3 Å². The third-order valence-electron chi connectivity index (χ3n) is 5.69. The fourth-order valence-electron chi connectivity index (χ4n) is 3.47. The summed E-state index contributed by atoms with van der Waals surface area (Å²) in [6.45, 7) is 7.61. The van der Waals surface area contributed by atoms with Gasteiger partial charge in [0.15, 0.2) is 5.78 Å². The molecule has 7 heteroatoms. The number of benzene rings is 2. The lowest BCUT2D eigenvalue weighted by atomic mass is 10.0. The monoisotopic (exact) mass is 459 g/mol.